The van der Waals surface area contributed by atoms with Gasteiger partial charge in [0.05, 0.1) is 18.7 Å². The minimum atomic E-state index is -3.69. The van der Waals surface area contributed by atoms with Crippen molar-refractivity contribution in [2.45, 2.75) is 24.3 Å². The second-order valence-electron chi connectivity index (χ2n) is 7.64. The average Bonchev–Trinajstić information content (AvgIpc) is 3.40. The van der Waals surface area contributed by atoms with Crippen LogP contribution in [0, 0.1) is 5.92 Å². The first-order valence-electron chi connectivity index (χ1n) is 10.00. The van der Waals surface area contributed by atoms with E-state index in [0.717, 1.165) is 5.56 Å². The number of hydrogen-bond donors (Lipinski definition) is 1. The summed E-state index contributed by atoms with van der Waals surface area (Å²) in [6.45, 7) is 0.835. The number of anilines is 1. The molecule has 1 aliphatic rings. The van der Waals surface area contributed by atoms with E-state index < -0.39 is 15.9 Å². The summed E-state index contributed by atoms with van der Waals surface area (Å²) in [5.41, 5.74) is 0.736. The second-order valence-corrected chi connectivity index (χ2v) is 10.4. The molecule has 3 heterocycles. The van der Waals surface area contributed by atoms with Gasteiger partial charge in [0, 0.05) is 54.2 Å². The first kappa shape index (κ1) is 22.8. The minimum Gasteiger partial charge on any atom is -0.309 e. The van der Waals surface area contributed by atoms with Gasteiger partial charge in [-0.1, -0.05) is 29.3 Å². The highest BCUT2D eigenvalue weighted by Gasteiger charge is 2.34. The standard InChI is InChI=1S/C20H22Cl2N6O3S/c1-26-12-15(10-23-26)32(30,31)28-8-3-4-14(11-28)20(29)24-19-7-9-27(25-19)13-16-17(21)5-2-6-18(16)22/h2,5-7,9-10,12,14H,3-4,8,11,13H2,1H3,(H,24,25,29). The van der Waals surface area contributed by atoms with Crippen molar-refractivity contribution >= 4 is 45.0 Å². The third kappa shape index (κ3) is 4.83. The van der Waals surface area contributed by atoms with Gasteiger partial charge in [-0.05, 0) is 25.0 Å². The van der Waals surface area contributed by atoms with Gasteiger partial charge < -0.3 is 5.32 Å². The zero-order valence-electron chi connectivity index (χ0n) is 17.3. The number of carbonyl (C=O) groups excluding carboxylic acids is 1. The molecule has 1 fully saturated rings. The molecular weight excluding hydrogens is 475 g/mol. The van der Waals surface area contributed by atoms with Crippen molar-refractivity contribution < 1.29 is 13.2 Å². The molecule has 2 aromatic heterocycles. The van der Waals surface area contributed by atoms with Crippen LogP contribution in [-0.4, -0.2) is 51.3 Å². The fourth-order valence-corrected chi connectivity index (χ4v) is 5.67. The van der Waals surface area contributed by atoms with Crippen molar-refractivity contribution in [3.05, 3.63) is 58.5 Å². The Hall–Kier alpha value is -2.40. The molecular formula is C20H22Cl2N6O3S. The third-order valence-electron chi connectivity index (χ3n) is 5.35. The van der Waals surface area contributed by atoms with E-state index in [1.54, 1.807) is 42.2 Å². The molecule has 1 unspecified atom stereocenters. The Labute approximate surface area is 196 Å². The van der Waals surface area contributed by atoms with Crippen LogP contribution >= 0.6 is 23.2 Å². The van der Waals surface area contributed by atoms with Gasteiger partial charge in [0.2, 0.25) is 15.9 Å². The van der Waals surface area contributed by atoms with Crippen molar-refractivity contribution in [1.29, 1.82) is 0 Å². The van der Waals surface area contributed by atoms with Gasteiger partial charge in [0.1, 0.15) is 4.90 Å². The van der Waals surface area contributed by atoms with Gasteiger partial charge in [-0.25, -0.2) is 8.42 Å². The molecule has 1 atom stereocenters. The second kappa shape index (κ2) is 9.22. The molecule has 4 rings (SSSR count). The molecule has 170 valence electrons. The van der Waals surface area contributed by atoms with E-state index in [0.29, 0.717) is 41.8 Å². The highest BCUT2D eigenvalue weighted by Crippen LogP contribution is 2.26. The Morgan fingerprint density at radius 1 is 1.25 bits per heavy atom. The number of benzene rings is 1. The number of nitrogens with one attached hydrogen (secondary N) is 1. The number of hydrogen-bond acceptors (Lipinski definition) is 5. The molecule has 1 N–H and O–H groups in total. The highest BCUT2D eigenvalue weighted by atomic mass is 35.5. The van der Waals surface area contributed by atoms with Gasteiger partial charge >= 0.3 is 0 Å². The average molecular weight is 497 g/mol. The summed E-state index contributed by atoms with van der Waals surface area (Å²) < 4.78 is 30.1. The number of aryl methyl sites for hydroxylation is 1. The summed E-state index contributed by atoms with van der Waals surface area (Å²) in [5.74, 6) is -0.360. The molecule has 9 nitrogen and oxygen atoms in total. The van der Waals surface area contributed by atoms with Crippen LogP contribution in [0.2, 0.25) is 10.0 Å². The van der Waals surface area contributed by atoms with Crippen LogP contribution in [0.3, 0.4) is 0 Å². The molecule has 32 heavy (non-hydrogen) atoms. The van der Waals surface area contributed by atoms with E-state index in [1.807, 2.05) is 0 Å². The van der Waals surface area contributed by atoms with E-state index in [-0.39, 0.29) is 17.3 Å². The topological polar surface area (TPSA) is 102 Å². The van der Waals surface area contributed by atoms with Gasteiger partial charge in [0.15, 0.2) is 5.82 Å². The van der Waals surface area contributed by atoms with Crippen LogP contribution in [0.25, 0.3) is 0 Å². The summed E-state index contributed by atoms with van der Waals surface area (Å²) in [6.07, 6.45) is 5.68. The zero-order valence-corrected chi connectivity index (χ0v) is 19.6. The number of rotatable bonds is 6. The molecule has 0 spiro atoms. The van der Waals surface area contributed by atoms with E-state index in [9.17, 15) is 13.2 Å². The summed E-state index contributed by atoms with van der Waals surface area (Å²) in [7, 11) is -2.04. The molecule has 1 aromatic carbocycles. The van der Waals surface area contributed by atoms with Crippen molar-refractivity contribution in [2.75, 3.05) is 18.4 Å². The van der Waals surface area contributed by atoms with E-state index in [4.69, 9.17) is 23.2 Å². The highest BCUT2D eigenvalue weighted by molar-refractivity contribution is 7.89. The molecule has 1 saturated heterocycles. The number of aromatic nitrogens is 4. The zero-order chi connectivity index (χ0) is 22.9. The number of piperidine rings is 1. The van der Waals surface area contributed by atoms with Gasteiger partial charge in [-0.2, -0.15) is 14.5 Å². The first-order chi connectivity index (χ1) is 15.2. The van der Waals surface area contributed by atoms with Crippen LogP contribution in [0.4, 0.5) is 5.82 Å². The molecule has 0 saturated carbocycles. The Balaban J connectivity index is 1.41. The van der Waals surface area contributed by atoms with Crippen molar-refractivity contribution in [3.63, 3.8) is 0 Å². The lowest BCUT2D eigenvalue weighted by molar-refractivity contribution is -0.120. The van der Waals surface area contributed by atoms with Crippen LogP contribution in [0.1, 0.15) is 18.4 Å². The largest absolute Gasteiger partial charge is 0.309 e. The molecule has 0 bridgehead atoms. The van der Waals surface area contributed by atoms with E-state index >= 15 is 0 Å². The van der Waals surface area contributed by atoms with Gasteiger partial charge in [-0.15, -0.1) is 0 Å². The van der Waals surface area contributed by atoms with Crippen molar-refractivity contribution in [1.82, 2.24) is 23.9 Å². The smallest absolute Gasteiger partial charge is 0.246 e. The Bertz CT molecular complexity index is 1220. The molecule has 0 aliphatic carbocycles. The Morgan fingerprint density at radius 3 is 2.69 bits per heavy atom. The van der Waals surface area contributed by atoms with E-state index in [1.165, 1.54) is 21.4 Å². The number of amides is 1. The lowest BCUT2D eigenvalue weighted by atomic mass is 9.99. The number of nitrogens with zero attached hydrogens (tertiary/aromatic N) is 5. The molecule has 3 aromatic rings. The number of halogens is 2. The summed E-state index contributed by atoms with van der Waals surface area (Å²) in [5, 5.41) is 12.2. The van der Waals surface area contributed by atoms with Crippen LogP contribution in [0.15, 0.2) is 47.8 Å². The van der Waals surface area contributed by atoms with Gasteiger partial charge in [-0.3, -0.25) is 14.2 Å². The fourth-order valence-electron chi connectivity index (χ4n) is 3.65. The predicted octanol–water partition coefficient (Wildman–Crippen LogP) is 3.01. The minimum absolute atomic E-state index is 0.110. The maximum absolute atomic E-state index is 12.9. The molecule has 1 aliphatic heterocycles. The third-order valence-corrected chi connectivity index (χ3v) is 7.87. The summed E-state index contributed by atoms with van der Waals surface area (Å²) >= 11 is 12.4. The Morgan fingerprint density at radius 2 is 2.00 bits per heavy atom. The quantitative estimate of drug-likeness (QED) is 0.564. The SMILES string of the molecule is Cn1cc(S(=O)(=O)N2CCCC(C(=O)Nc3ccn(Cc4c(Cl)cccc4Cl)n3)C2)cn1. The lowest BCUT2D eigenvalue weighted by Crippen LogP contribution is -2.43. The first-order valence-corrected chi connectivity index (χ1v) is 12.2. The van der Waals surface area contributed by atoms with Crippen LogP contribution < -0.4 is 5.32 Å². The molecule has 0 radical (unpaired) electrons. The summed E-state index contributed by atoms with van der Waals surface area (Å²) in [6, 6.07) is 6.95. The number of sulfonamides is 1. The van der Waals surface area contributed by atoms with Crippen molar-refractivity contribution in [3.8, 4) is 0 Å². The molecule has 1 amide bonds. The maximum Gasteiger partial charge on any atom is 0.246 e. The Kier molecular flexibility index (Phi) is 6.57. The number of carbonyl (C=O) groups is 1. The maximum atomic E-state index is 12.9. The van der Waals surface area contributed by atoms with Crippen molar-refractivity contribution in [2.24, 2.45) is 13.0 Å². The predicted molar refractivity (Wildman–Crippen MR) is 121 cm³/mol. The fraction of sp³-hybridized carbons (Fsp3) is 0.350. The summed E-state index contributed by atoms with van der Waals surface area (Å²) in [4.78, 5) is 12.9. The van der Waals surface area contributed by atoms with Crippen LogP contribution in [0.5, 0.6) is 0 Å². The van der Waals surface area contributed by atoms with Gasteiger partial charge in [0.25, 0.3) is 0 Å². The monoisotopic (exact) mass is 496 g/mol. The lowest BCUT2D eigenvalue weighted by Gasteiger charge is -2.30. The molecule has 12 heteroatoms. The van der Waals surface area contributed by atoms with Crippen LogP contribution in [-0.2, 0) is 28.4 Å². The van der Waals surface area contributed by atoms with E-state index in [2.05, 4.69) is 15.5 Å². The normalized spacial score (nSPS) is 17.4.